The molecule has 4 heteroatoms. The number of aromatic nitrogens is 1. The highest BCUT2D eigenvalue weighted by molar-refractivity contribution is 5.62. The zero-order valence-electron chi connectivity index (χ0n) is 12.1. The standard InChI is InChI=1S/C16H20N2O2/c1-4-20-13-7-5-12(6-8-13)15-9-11(2)14(10-17)16(19)18(15)3/h5-9H,4,10,17H2,1-3H3. The third kappa shape index (κ3) is 2.60. The highest BCUT2D eigenvalue weighted by Gasteiger charge is 2.10. The van der Waals surface area contributed by atoms with Crippen molar-refractivity contribution >= 4 is 0 Å². The van der Waals surface area contributed by atoms with Gasteiger partial charge in [0.25, 0.3) is 5.56 Å². The van der Waals surface area contributed by atoms with E-state index in [0.717, 1.165) is 22.6 Å². The van der Waals surface area contributed by atoms with Crippen molar-refractivity contribution in [2.75, 3.05) is 6.61 Å². The fourth-order valence-electron chi connectivity index (χ4n) is 2.28. The van der Waals surface area contributed by atoms with E-state index in [1.54, 1.807) is 11.6 Å². The molecule has 0 amide bonds. The van der Waals surface area contributed by atoms with E-state index in [1.165, 1.54) is 0 Å². The van der Waals surface area contributed by atoms with Crippen LogP contribution in [0.2, 0.25) is 0 Å². The topological polar surface area (TPSA) is 57.2 Å². The zero-order valence-corrected chi connectivity index (χ0v) is 12.1. The van der Waals surface area contributed by atoms with E-state index in [9.17, 15) is 4.79 Å². The Balaban J connectivity index is 2.50. The molecule has 2 aromatic rings. The van der Waals surface area contributed by atoms with Crippen molar-refractivity contribution < 1.29 is 4.74 Å². The van der Waals surface area contributed by atoms with Crippen LogP contribution in [0.4, 0.5) is 0 Å². The molecule has 20 heavy (non-hydrogen) atoms. The van der Waals surface area contributed by atoms with E-state index < -0.39 is 0 Å². The molecule has 0 saturated heterocycles. The SMILES string of the molecule is CCOc1ccc(-c2cc(C)c(CN)c(=O)n2C)cc1. The summed E-state index contributed by atoms with van der Waals surface area (Å²) in [4.78, 5) is 12.2. The van der Waals surface area contributed by atoms with Crippen molar-refractivity contribution in [3.8, 4) is 17.0 Å². The summed E-state index contributed by atoms with van der Waals surface area (Å²) in [6.07, 6.45) is 0. The summed E-state index contributed by atoms with van der Waals surface area (Å²) in [5, 5.41) is 0. The maximum Gasteiger partial charge on any atom is 0.255 e. The molecular weight excluding hydrogens is 252 g/mol. The summed E-state index contributed by atoms with van der Waals surface area (Å²) in [5.41, 5.74) is 9.07. The molecule has 0 radical (unpaired) electrons. The first-order chi connectivity index (χ1) is 9.58. The fraction of sp³-hybridized carbons (Fsp3) is 0.312. The van der Waals surface area contributed by atoms with Gasteiger partial charge in [0.15, 0.2) is 0 Å². The monoisotopic (exact) mass is 272 g/mol. The number of ether oxygens (including phenoxy) is 1. The number of benzene rings is 1. The lowest BCUT2D eigenvalue weighted by Gasteiger charge is -2.13. The van der Waals surface area contributed by atoms with Gasteiger partial charge < -0.3 is 15.0 Å². The molecule has 1 heterocycles. The van der Waals surface area contributed by atoms with E-state index in [0.29, 0.717) is 12.2 Å². The zero-order chi connectivity index (χ0) is 14.7. The van der Waals surface area contributed by atoms with Crippen molar-refractivity contribution in [3.05, 3.63) is 51.8 Å². The van der Waals surface area contributed by atoms with Crippen LogP contribution >= 0.6 is 0 Å². The molecule has 4 nitrogen and oxygen atoms in total. The molecule has 0 aliphatic heterocycles. The summed E-state index contributed by atoms with van der Waals surface area (Å²) in [7, 11) is 1.77. The highest BCUT2D eigenvalue weighted by atomic mass is 16.5. The molecule has 2 N–H and O–H groups in total. The van der Waals surface area contributed by atoms with Crippen molar-refractivity contribution in [1.29, 1.82) is 0 Å². The molecule has 0 aliphatic carbocycles. The van der Waals surface area contributed by atoms with Crippen LogP contribution in [0, 0.1) is 6.92 Å². The molecule has 0 bridgehead atoms. The van der Waals surface area contributed by atoms with Gasteiger partial charge in [-0.25, -0.2) is 0 Å². The van der Waals surface area contributed by atoms with E-state index in [4.69, 9.17) is 10.5 Å². The molecule has 106 valence electrons. The minimum atomic E-state index is -0.0311. The average Bonchev–Trinajstić information content (AvgIpc) is 2.45. The van der Waals surface area contributed by atoms with E-state index in [1.807, 2.05) is 44.2 Å². The molecule has 0 saturated carbocycles. The van der Waals surface area contributed by atoms with E-state index >= 15 is 0 Å². The van der Waals surface area contributed by atoms with Gasteiger partial charge in [-0.15, -0.1) is 0 Å². The van der Waals surface area contributed by atoms with E-state index in [2.05, 4.69) is 0 Å². The van der Waals surface area contributed by atoms with Gasteiger partial charge in [-0.05, 0) is 55.3 Å². The number of rotatable bonds is 4. The second-order valence-corrected chi connectivity index (χ2v) is 4.72. The molecule has 0 atom stereocenters. The second-order valence-electron chi connectivity index (χ2n) is 4.72. The van der Waals surface area contributed by atoms with E-state index in [-0.39, 0.29) is 12.1 Å². The first kappa shape index (κ1) is 14.3. The Hall–Kier alpha value is -2.07. The summed E-state index contributed by atoms with van der Waals surface area (Å²) in [6, 6.07) is 9.74. The van der Waals surface area contributed by atoms with Gasteiger partial charge in [-0.2, -0.15) is 0 Å². The average molecular weight is 272 g/mol. The first-order valence-corrected chi connectivity index (χ1v) is 6.71. The van der Waals surface area contributed by atoms with Crippen LogP contribution in [0.15, 0.2) is 35.1 Å². The fourth-order valence-corrected chi connectivity index (χ4v) is 2.28. The predicted molar refractivity (Wildman–Crippen MR) is 80.9 cm³/mol. The third-order valence-corrected chi connectivity index (χ3v) is 3.42. The van der Waals surface area contributed by atoms with Crippen LogP contribution in [0.3, 0.4) is 0 Å². The summed E-state index contributed by atoms with van der Waals surface area (Å²) in [5.74, 6) is 0.830. The number of pyridine rings is 1. The van der Waals surface area contributed by atoms with Crippen molar-refractivity contribution in [2.24, 2.45) is 12.8 Å². The Kier molecular flexibility index (Phi) is 4.25. The van der Waals surface area contributed by atoms with Gasteiger partial charge in [0.1, 0.15) is 5.75 Å². The van der Waals surface area contributed by atoms with Crippen molar-refractivity contribution in [3.63, 3.8) is 0 Å². The Morgan fingerprint density at radius 1 is 1.25 bits per heavy atom. The normalized spacial score (nSPS) is 10.6. The molecule has 1 aromatic carbocycles. The lowest BCUT2D eigenvalue weighted by Crippen LogP contribution is -2.25. The smallest absolute Gasteiger partial charge is 0.255 e. The predicted octanol–water partition coefficient (Wildman–Crippen LogP) is 2.22. The number of nitrogens with two attached hydrogens (primary N) is 1. The van der Waals surface area contributed by atoms with Crippen molar-refractivity contribution in [2.45, 2.75) is 20.4 Å². The molecule has 0 unspecified atom stereocenters. The Morgan fingerprint density at radius 3 is 2.45 bits per heavy atom. The third-order valence-electron chi connectivity index (χ3n) is 3.42. The maximum absolute atomic E-state index is 12.2. The second kappa shape index (κ2) is 5.92. The summed E-state index contributed by atoms with van der Waals surface area (Å²) in [6.45, 7) is 4.78. The number of nitrogens with zero attached hydrogens (tertiary/aromatic N) is 1. The van der Waals surface area contributed by atoms with Crippen molar-refractivity contribution in [1.82, 2.24) is 4.57 Å². The van der Waals surface area contributed by atoms with Gasteiger partial charge in [0.05, 0.1) is 12.3 Å². The Bertz CT molecular complexity index is 657. The van der Waals surface area contributed by atoms with Crippen LogP contribution in [0.25, 0.3) is 11.3 Å². The number of hydrogen-bond acceptors (Lipinski definition) is 3. The molecule has 0 fully saturated rings. The van der Waals surface area contributed by atoms with Crippen LogP contribution in [-0.4, -0.2) is 11.2 Å². The van der Waals surface area contributed by atoms with Gasteiger partial charge in [0.2, 0.25) is 0 Å². The highest BCUT2D eigenvalue weighted by Crippen LogP contribution is 2.22. The van der Waals surface area contributed by atoms with Gasteiger partial charge in [0, 0.05) is 19.2 Å². The lowest BCUT2D eigenvalue weighted by molar-refractivity contribution is 0.340. The van der Waals surface area contributed by atoms with Gasteiger partial charge in [-0.1, -0.05) is 0 Å². The quantitative estimate of drug-likeness (QED) is 0.928. The van der Waals surface area contributed by atoms with Gasteiger partial charge in [-0.3, -0.25) is 4.79 Å². The van der Waals surface area contributed by atoms with Crippen LogP contribution in [-0.2, 0) is 13.6 Å². The number of hydrogen-bond donors (Lipinski definition) is 1. The lowest BCUT2D eigenvalue weighted by atomic mass is 10.1. The Morgan fingerprint density at radius 2 is 1.90 bits per heavy atom. The van der Waals surface area contributed by atoms with Crippen LogP contribution in [0.5, 0.6) is 5.75 Å². The number of aryl methyl sites for hydroxylation is 1. The minimum absolute atomic E-state index is 0.0311. The molecular formula is C16H20N2O2. The molecule has 0 spiro atoms. The largest absolute Gasteiger partial charge is 0.494 e. The van der Waals surface area contributed by atoms with Crippen LogP contribution < -0.4 is 16.0 Å². The van der Waals surface area contributed by atoms with Crippen LogP contribution in [0.1, 0.15) is 18.1 Å². The molecule has 2 rings (SSSR count). The minimum Gasteiger partial charge on any atom is -0.494 e. The Labute approximate surface area is 118 Å². The molecule has 0 aliphatic rings. The molecule has 1 aromatic heterocycles. The first-order valence-electron chi connectivity index (χ1n) is 6.71. The maximum atomic E-state index is 12.2. The van der Waals surface area contributed by atoms with Gasteiger partial charge >= 0.3 is 0 Å². The summed E-state index contributed by atoms with van der Waals surface area (Å²) < 4.78 is 7.07. The summed E-state index contributed by atoms with van der Waals surface area (Å²) >= 11 is 0.